The second-order valence-electron chi connectivity index (χ2n) is 13.0. The van der Waals surface area contributed by atoms with Crippen LogP contribution in [-0.4, -0.2) is 10.8 Å². The highest BCUT2D eigenvalue weighted by atomic mass is 15.0. The minimum atomic E-state index is 0.216. The van der Waals surface area contributed by atoms with Gasteiger partial charge in [-0.05, 0) is 100 Å². The number of benzene rings is 3. The average Bonchev–Trinajstić information content (AvgIpc) is 3.66. The molecule has 50 heavy (non-hydrogen) atoms. The van der Waals surface area contributed by atoms with Crippen molar-refractivity contribution in [3.8, 4) is 0 Å². The monoisotopic (exact) mass is 648 g/mol. The van der Waals surface area contributed by atoms with Gasteiger partial charge in [0.15, 0.2) is 0 Å². The molecule has 0 amide bonds. The summed E-state index contributed by atoms with van der Waals surface area (Å²) in [5.41, 5.74) is 16.3. The van der Waals surface area contributed by atoms with Gasteiger partial charge in [-0.15, -0.1) is 0 Å². The first-order chi connectivity index (χ1) is 24.7. The number of rotatable bonds is 10. The van der Waals surface area contributed by atoms with Crippen molar-refractivity contribution in [3.63, 3.8) is 0 Å². The first kappa shape index (κ1) is 32.8. The van der Waals surface area contributed by atoms with Crippen LogP contribution >= 0.6 is 0 Å². The SMILES string of the molecule is C=C/C=C\C=C1/C(/C=C\C=C/C)=C2C=C(c3ccc4c(c3)c(C=N)c(CC)n4C3C=CC(c4ccccc4)=CC3)CCC2=C1c1ccccc1. The van der Waals surface area contributed by atoms with Gasteiger partial charge in [-0.3, -0.25) is 0 Å². The minimum absolute atomic E-state index is 0.216. The van der Waals surface area contributed by atoms with Gasteiger partial charge < -0.3 is 9.98 Å². The highest BCUT2D eigenvalue weighted by Gasteiger charge is 2.30. The molecule has 1 heterocycles. The number of hydrogen-bond acceptors (Lipinski definition) is 1. The first-order valence-electron chi connectivity index (χ1n) is 17.8. The second kappa shape index (κ2) is 14.8. The van der Waals surface area contributed by atoms with E-state index in [1.807, 2.05) is 12.2 Å². The van der Waals surface area contributed by atoms with E-state index in [1.54, 1.807) is 6.21 Å². The maximum atomic E-state index is 8.53. The fourth-order valence-electron chi connectivity index (χ4n) is 7.82. The van der Waals surface area contributed by atoms with E-state index < -0.39 is 0 Å². The number of fused-ring (bicyclic) bond motifs is 2. The van der Waals surface area contributed by atoms with Gasteiger partial charge in [0.1, 0.15) is 0 Å². The molecule has 1 N–H and O–H groups in total. The minimum Gasteiger partial charge on any atom is -0.337 e. The van der Waals surface area contributed by atoms with Crippen molar-refractivity contribution < 1.29 is 0 Å². The fourth-order valence-corrected chi connectivity index (χ4v) is 7.82. The Hall–Kier alpha value is -5.73. The largest absolute Gasteiger partial charge is 0.337 e. The van der Waals surface area contributed by atoms with Crippen LogP contribution in [-0.2, 0) is 6.42 Å². The predicted octanol–water partition coefficient (Wildman–Crippen LogP) is 12.5. The summed E-state index contributed by atoms with van der Waals surface area (Å²) in [5, 5.41) is 9.69. The van der Waals surface area contributed by atoms with Crippen LogP contribution in [0, 0.1) is 5.41 Å². The van der Waals surface area contributed by atoms with Crippen LogP contribution in [0.25, 0.3) is 27.6 Å². The molecular weight excluding hydrogens is 605 g/mol. The lowest BCUT2D eigenvalue weighted by molar-refractivity contribution is 0.605. The molecular formula is C48H44N2. The molecule has 0 saturated carbocycles. The summed E-state index contributed by atoms with van der Waals surface area (Å²) < 4.78 is 2.48. The zero-order valence-corrected chi connectivity index (χ0v) is 29.1. The van der Waals surface area contributed by atoms with Crippen LogP contribution in [0.15, 0.2) is 181 Å². The molecule has 0 fully saturated rings. The lowest BCUT2D eigenvalue weighted by Crippen LogP contribution is -2.11. The van der Waals surface area contributed by atoms with Gasteiger partial charge in [0.25, 0.3) is 0 Å². The molecule has 0 radical (unpaired) electrons. The quantitative estimate of drug-likeness (QED) is 0.131. The van der Waals surface area contributed by atoms with Crippen LogP contribution in [0.3, 0.4) is 0 Å². The maximum absolute atomic E-state index is 8.53. The lowest BCUT2D eigenvalue weighted by atomic mass is 9.85. The van der Waals surface area contributed by atoms with Crippen molar-refractivity contribution in [1.82, 2.24) is 4.57 Å². The molecule has 7 rings (SSSR count). The summed E-state index contributed by atoms with van der Waals surface area (Å²) in [6.07, 6.45) is 31.4. The highest BCUT2D eigenvalue weighted by molar-refractivity contribution is 6.02. The number of aromatic nitrogens is 1. The molecule has 4 aromatic rings. The summed E-state index contributed by atoms with van der Waals surface area (Å²) in [4.78, 5) is 0. The Bertz CT molecular complexity index is 2230. The van der Waals surface area contributed by atoms with Crippen molar-refractivity contribution in [2.45, 2.75) is 45.6 Å². The topological polar surface area (TPSA) is 28.8 Å². The molecule has 3 aliphatic carbocycles. The third-order valence-electron chi connectivity index (χ3n) is 10.1. The summed E-state index contributed by atoms with van der Waals surface area (Å²) in [5.74, 6) is 0. The second-order valence-corrected chi connectivity index (χ2v) is 13.0. The summed E-state index contributed by atoms with van der Waals surface area (Å²) in [7, 11) is 0. The van der Waals surface area contributed by atoms with Crippen LogP contribution in [0.1, 0.15) is 67.1 Å². The average molecular weight is 649 g/mol. The molecule has 3 aliphatic rings. The van der Waals surface area contributed by atoms with Gasteiger partial charge in [-0.25, -0.2) is 0 Å². The molecule has 1 atom stereocenters. The number of nitrogens with zero attached hydrogens (tertiary/aromatic N) is 1. The third kappa shape index (κ3) is 6.14. The van der Waals surface area contributed by atoms with E-state index in [1.165, 1.54) is 66.9 Å². The molecule has 1 unspecified atom stereocenters. The van der Waals surface area contributed by atoms with Crippen molar-refractivity contribution in [2.24, 2.45) is 0 Å². The fraction of sp³-hybridized carbons (Fsp3) is 0.146. The lowest BCUT2D eigenvalue weighted by Gasteiger charge is -2.22. The van der Waals surface area contributed by atoms with E-state index in [0.29, 0.717) is 0 Å². The maximum Gasteiger partial charge on any atom is 0.0557 e. The van der Waals surface area contributed by atoms with Gasteiger partial charge in [-0.1, -0.05) is 153 Å². The zero-order chi connectivity index (χ0) is 34.5. The molecule has 0 spiro atoms. The van der Waals surface area contributed by atoms with E-state index >= 15 is 0 Å². The standard InChI is InChI=1S/C48H44N2/c1-4-7-11-21-40-41(22-12-8-5-2)48(36-19-15-10-16-20-36)42-29-25-37(31-43(40)42)38-26-30-47-44(32-38)45(33-49)46(6-3)50(47)39-27-23-35(24-28-39)34-17-13-9-14-18-34/h4-5,7-24,26-27,30-33,39,49H,2,6,25,28-29H2,1,3H3/b7-4-,12-8-,21-11-,41-22+,49-33?. The van der Waals surface area contributed by atoms with Gasteiger partial charge in [0.05, 0.1) is 6.04 Å². The van der Waals surface area contributed by atoms with Crippen molar-refractivity contribution in [3.05, 3.63) is 209 Å². The molecule has 3 aromatic carbocycles. The highest BCUT2D eigenvalue weighted by Crippen LogP contribution is 2.50. The van der Waals surface area contributed by atoms with E-state index in [0.717, 1.165) is 36.6 Å². The van der Waals surface area contributed by atoms with E-state index in [9.17, 15) is 0 Å². The number of allylic oxidation sites excluding steroid dienone is 19. The van der Waals surface area contributed by atoms with Gasteiger partial charge >= 0.3 is 0 Å². The Morgan fingerprint density at radius 1 is 0.880 bits per heavy atom. The van der Waals surface area contributed by atoms with Gasteiger partial charge in [0, 0.05) is 28.4 Å². The predicted molar refractivity (Wildman–Crippen MR) is 215 cm³/mol. The Kier molecular flexibility index (Phi) is 9.71. The van der Waals surface area contributed by atoms with Gasteiger partial charge in [-0.2, -0.15) is 0 Å². The molecule has 0 aliphatic heterocycles. The van der Waals surface area contributed by atoms with Crippen molar-refractivity contribution in [2.75, 3.05) is 0 Å². The normalized spacial score (nSPS) is 18.6. The third-order valence-corrected chi connectivity index (χ3v) is 10.1. The van der Waals surface area contributed by atoms with Crippen LogP contribution in [0.5, 0.6) is 0 Å². The van der Waals surface area contributed by atoms with Crippen LogP contribution in [0.2, 0.25) is 0 Å². The smallest absolute Gasteiger partial charge is 0.0557 e. The molecule has 1 aromatic heterocycles. The summed E-state index contributed by atoms with van der Waals surface area (Å²) >= 11 is 0. The Morgan fingerprint density at radius 2 is 1.66 bits per heavy atom. The van der Waals surface area contributed by atoms with Crippen LogP contribution in [0.4, 0.5) is 0 Å². The Morgan fingerprint density at radius 3 is 2.34 bits per heavy atom. The van der Waals surface area contributed by atoms with E-state index in [2.05, 4.69) is 165 Å². The Balaban J connectivity index is 1.33. The van der Waals surface area contributed by atoms with E-state index in [-0.39, 0.29) is 6.04 Å². The number of nitrogens with one attached hydrogen (secondary N) is 1. The molecule has 2 nitrogen and oxygen atoms in total. The molecule has 2 heteroatoms. The van der Waals surface area contributed by atoms with Crippen LogP contribution < -0.4 is 0 Å². The molecule has 246 valence electrons. The van der Waals surface area contributed by atoms with E-state index in [4.69, 9.17) is 5.41 Å². The molecule has 0 bridgehead atoms. The zero-order valence-electron chi connectivity index (χ0n) is 29.1. The molecule has 0 saturated heterocycles. The Labute approximate surface area is 297 Å². The summed E-state index contributed by atoms with van der Waals surface area (Å²) in [6.45, 7) is 8.15. The first-order valence-corrected chi connectivity index (χ1v) is 17.8. The number of hydrogen-bond donors (Lipinski definition) is 1. The summed E-state index contributed by atoms with van der Waals surface area (Å²) in [6, 6.07) is 28.6. The van der Waals surface area contributed by atoms with Gasteiger partial charge in [0.2, 0.25) is 0 Å². The van der Waals surface area contributed by atoms with Crippen molar-refractivity contribution in [1.29, 1.82) is 5.41 Å². The van der Waals surface area contributed by atoms with Crippen molar-refractivity contribution >= 4 is 33.8 Å².